The minimum Gasteiger partial charge on any atom is -0.413 e. The topological polar surface area (TPSA) is 46.5 Å². The molecule has 0 bridgehead atoms. The van der Waals surface area contributed by atoms with E-state index in [1.807, 2.05) is 0 Å². The van der Waals surface area contributed by atoms with Crippen LogP contribution in [0.4, 0.5) is 0 Å². The van der Waals surface area contributed by atoms with Crippen molar-refractivity contribution in [3.63, 3.8) is 0 Å². The minimum absolute atomic E-state index is 0.0357. The Balaban J connectivity index is 2.30. The summed E-state index contributed by atoms with van der Waals surface area (Å²) in [5.74, 6) is 0.723. The van der Waals surface area contributed by atoms with Crippen molar-refractivity contribution < 1.29 is 14.3 Å². The van der Waals surface area contributed by atoms with Crippen molar-refractivity contribution in [3.05, 3.63) is 0 Å². The SMILES string of the molecule is CC1(C)[C@@H](O[Si](C)(C)C(C)(C)C)CC[C@]2(C)[C@@H](CO)CC(=O)C[C@@H]12. The fourth-order valence-corrected chi connectivity index (χ4v) is 6.37. The molecule has 2 aliphatic rings. The van der Waals surface area contributed by atoms with E-state index in [0.29, 0.717) is 24.5 Å². The Morgan fingerprint density at radius 1 is 1.21 bits per heavy atom. The Labute approximate surface area is 149 Å². The van der Waals surface area contributed by atoms with Gasteiger partial charge in [-0.1, -0.05) is 41.5 Å². The molecule has 3 nitrogen and oxygen atoms in total. The second-order valence-electron chi connectivity index (χ2n) is 10.6. The van der Waals surface area contributed by atoms with Crippen molar-refractivity contribution in [1.29, 1.82) is 0 Å². The van der Waals surface area contributed by atoms with Gasteiger partial charge >= 0.3 is 0 Å². The Kier molecular flexibility index (Phi) is 5.20. The van der Waals surface area contributed by atoms with Crippen LogP contribution < -0.4 is 0 Å². The van der Waals surface area contributed by atoms with E-state index in [-0.39, 0.29) is 34.5 Å². The number of carbonyl (C=O) groups excluding carboxylic acids is 1. The fraction of sp³-hybridized carbons (Fsp3) is 0.950. The normalized spacial score (nSPS) is 37.2. The van der Waals surface area contributed by atoms with Crippen LogP contribution in [-0.2, 0) is 9.22 Å². The Bertz CT molecular complexity index is 492. The third-order valence-corrected chi connectivity index (χ3v) is 12.3. The van der Waals surface area contributed by atoms with Crippen LogP contribution >= 0.6 is 0 Å². The maximum absolute atomic E-state index is 12.3. The minimum atomic E-state index is -1.84. The van der Waals surface area contributed by atoms with Crippen LogP contribution in [0.2, 0.25) is 18.1 Å². The molecule has 1 N–H and O–H groups in total. The first-order valence-electron chi connectivity index (χ1n) is 9.56. The molecule has 0 saturated heterocycles. The third-order valence-electron chi connectivity index (χ3n) is 7.77. The van der Waals surface area contributed by atoms with E-state index in [9.17, 15) is 9.90 Å². The fourth-order valence-electron chi connectivity index (χ4n) is 4.88. The van der Waals surface area contributed by atoms with Gasteiger partial charge in [-0.2, -0.15) is 0 Å². The number of aliphatic hydroxyl groups excluding tert-OH is 1. The summed E-state index contributed by atoms with van der Waals surface area (Å²) in [6, 6.07) is 0. The van der Waals surface area contributed by atoms with Gasteiger partial charge in [0.25, 0.3) is 0 Å². The number of hydrogen-bond donors (Lipinski definition) is 1. The van der Waals surface area contributed by atoms with Gasteiger partial charge in [0.2, 0.25) is 0 Å². The van der Waals surface area contributed by atoms with E-state index in [1.54, 1.807) is 0 Å². The lowest BCUT2D eigenvalue weighted by Crippen LogP contribution is -2.59. The van der Waals surface area contributed by atoms with E-state index >= 15 is 0 Å². The highest BCUT2D eigenvalue weighted by Gasteiger charge is 2.58. The number of fused-ring (bicyclic) bond motifs is 1. The highest BCUT2D eigenvalue weighted by atomic mass is 28.4. The lowest BCUT2D eigenvalue weighted by molar-refractivity contribution is -0.156. The summed E-state index contributed by atoms with van der Waals surface area (Å²) in [7, 11) is -1.84. The molecule has 24 heavy (non-hydrogen) atoms. The molecule has 2 fully saturated rings. The van der Waals surface area contributed by atoms with Crippen LogP contribution in [0, 0.1) is 22.7 Å². The van der Waals surface area contributed by atoms with Gasteiger partial charge in [0.15, 0.2) is 8.32 Å². The first-order valence-corrected chi connectivity index (χ1v) is 12.5. The zero-order chi connectivity index (χ0) is 18.6. The number of rotatable bonds is 3. The summed E-state index contributed by atoms with van der Waals surface area (Å²) in [6.45, 7) is 18.5. The summed E-state index contributed by atoms with van der Waals surface area (Å²) in [6.07, 6.45) is 3.50. The second kappa shape index (κ2) is 6.21. The lowest BCUT2D eigenvalue weighted by Gasteiger charge is -2.60. The molecule has 140 valence electrons. The maximum Gasteiger partial charge on any atom is 0.192 e. The van der Waals surface area contributed by atoms with Crippen LogP contribution in [0.1, 0.15) is 67.2 Å². The van der Waals surface area contributed by atoms with Crippen LogP contribution in [0.25, 0.3) is 0 Å². The van der Waals surface area contributed by atoms with Crippen LogP contribution in [0.5, 0.6) is 0 Å². The van der Waals surface area contributed by atoms with Gasteiger partial charge in [0, 0.05) is 19.4 Å². The van der Waals surface area contributed by atoms with Crippen molar-refractivity contribution >= 4 is 14.1 Å². The van der Waals surface area contributed by atoms with Crippen LogP contribution in [-0.4, -0.2) is 31.9 Å². The molecule has 0 heterocycles. The second-order valence-corrected chi connectivity index (χ2v) is 15.4. The van der Waals surface area contributed by atoms with E-state index in [2.05, 4.69) is 54.6 Å². The Morgan fingerprint density at radius 2 is 1.79 bits per heavy atom. The van der Waals surface area contributed by atoms with Gasteiger partial charge in [-0.15, -0.1) is 0 Å². The van der Waals surface area contributed by atoms with Crippen LogP contribution in [0.15, 0.2) is 0 Å². The smallest absolute Gasteiger partial charge is 0.192 e. The van der Waals surface area contributed by atoms with Gasteiger partial charge in [0.1, 0.15) is 5.78 Å². The first kappa shape index (κ1) is 20.1. The summed E-state index contributed by atoms with van der Waals surface area (Å²) < 4.78 is 6.82. The van der Waals surface area contributed by atoms with Crippen molar-refractivity contribution in [1.82, 2.24) is 0 Å². The molecular formula is C20H38O3Si. The third kappa shape index (κ3) is 3.26. The first-order chi connectivity index (χ1) is 10.8. The maximum atomic E-state index is 12.3. The lowest BCUT2D eigenvalue weighted by atomic mass is 9.47. The predicted molar refractivity (Wildman–Crippen MR) is 101 cm³/mol. The standard InChI is InChI=1S/C20H38O3Si/c1-18(2,3)24(7,8)23-17-9-10-20(6)14(13-21)11-15(22)12-16(20)19(17,4)5/h14,16-17,21H,9-13H2,1-8H3/t14-,16+,17+,20-/m1/s1. The Morgan fingerprint density at radius 3 is 2.29 bits per heavy atom. The van der Waals surface area contributed by atoms with Crippen molar-refractivity contribution in [2.24, 2.45) is 22.7 Å². The van der Waals surface area contributed by atoms with E-state index in [0.717, 1.165) is 12.8 Å². The molecule has 4 atom stereocenters. The van der Waals surface area contributed by atoms with Crippen molar-refractivity contribution in [2.75, 3.05) is 6.61 Å². The molecule has 0 aliphatic heterocycles. The molecule has 0 amide bonds. The van der Waals surface area contributed by atoms with E-state index < -0.39 is 8.32 Å². The number of Topliss-reactive ketones (excluding diaryl/α,β-unsaturated/α-hetero) is 1. The summed E-state index contributed by atoms with van der Waals surface area (Å²) in [4.78, 5) is 12.3. The zero-order valence-electron chi connectivity index (χ0n) is 17.0. The average molecular weight is 355 g/mol. The molecule has 0 aromatic carbocycles. The quantitative estimate of drug-likeness (QED) is 0.741. The van der Waals surface area contributed by atoms with Crippen LogP contribution in [0.3, 0.4) is 0 Å². The molecule has 2 rings (SSSR count). The molecule has 0 spiro atoms. The number of carbonyl (C=O) groups is 1. The van der Waals surface area contributed by atoms with Crippen molar-refractivity contribution in [3.8, 4) is 0 Å². The molecule has 2 saturated carbocycles. The molecule has 0 unspecified atom stereocenters. The van der Waals surface area contributed by atoms with E-state index in [1.165, 1.54) is 0 Å². The number of hydrogen-bond acceptors (Lipinski definition) is 3. The van der Waals surface area contributed by atoms with Gasteiger partial charge in [-0.3, -0.25) is 4.79 Å². The monoisotopic (exact) mass is 354 g/mol. The molecule has 0 aromatic rings. The number of ketones is 1. The summed E-state index contributed by atoms with van der Waals surface area (Å²) in [5, 5.41) is 10.1. The molecule has 4 heteroatoms. The Hall–Kier alpha value is -0.193. The largest absolute Gasteiger partial charge is 0.413 e. The molecule has 0 radical (unpaired) electrons. The number of aliphatic hydroxyl groups is 1. The zero-order valence-corrected chi connectivity index (χ0v) is 18.0. The van der Waals surface area contributed by atoms with Gasteiger partial charge < -0.3 is 9.53 Å². The molecule has 2 aliphatic carbocycles. The van der Waals surface area contributed by atoms with Crippen molar-refractivity contribution in [2.45, 2.75) is 91.5 Å². The predicted octanol–water partition coefficient (Wildman–Crippen LogP) is 4.79. The van der Waals surface area contributed by atoms with Gasteiger partial charge in [0.05, 0.1) is 6.10 Å². The van der Waals surface area contributed by atoms with E-state index in [4.69, 9.17) is 4.43 Å². The highest BCUT2D eigenvalue weighted by Crippen LogP contribution is 2.60. The highest BCUT2D eigenvalue weighted by molar-refractivity contribution is 6.74. The molecular weight excluding hydrogens is 316 g/mol. The van der Waals surface area contributed by atoms with Gasteiger partial charge in [-0.25, -0.2) is 0 Å². The molecule has 0 aromatic heterocycles. The van der Waals surface area contributed by atoms with Gasteiger partial charge in [-0.05, 0) is 53.6 Å². The summed E-state index contributed by atoms with van der Waals surface area (Å²) >= 11 is 0. The average Bonchev–Trinajstić information content (AvgIpc) is 2.42. The summed E-state index contributed by atoms with van der Waals surface area (Å²) in [5.41, 5.74) is 0.0193.